The minimum absolute atomic E-state index is 0.809. The summed E-state index contributed by atoms with van der Waals surface area (Å²) in [4.78, 5) is 11.4. The second-order valence-electron chi connectivity index (χ2n) is 25.4. The zero-order chi connectivity index (χ0) is 60.4. The molecule has 0 radical (unpaired) electrons. The maximum absolute atomic E-state index is 6.14. The van der Waals surface area contributed by atoms with Gasteiger partial charge in [0.25, 0.3) is 0 Å². The minimum Gasteiger partial charge on any atom is -0.308 e. The van der Waals surface area contributed by atoms with Gasteiger partial charge in [-0.2, -0.15) is 0 Å². The van der Waals surface area contributed by atoms with Crippen LogP contribution in [-0.2, 0) is 0 Å². The Labute approximate surface area is 516 Å². The van der Waals surface area contributed by atoms with Crippen LogP contribution in [0.3, 0.4) is 0 Å². The highest BCUT2D eigenvalue weighted by atomic mass is 15.2. The molecule has 11 aromatic carbocycles. The van der Waals surface area contributed by atoms with E-state index in [1.807, 2.05) is 0 Å². The molecule has 0 spiro atoms. The van der Waals surface area contributed by atoms with Crippen molar-refractivity contribution >= 4 is 98.3 Å². The van der Waals surface area contributed by atoms with Gasteiger partial charge in [-0.1, -0.05) is 123 Å². The summed E-state index contributed by atoms with van der Waals surface area (Å²) in [7, 11) is 0. The Hall–Kier alpha value is -10.8. The first-order valence-corrected chi connectivity index (χ1v) is 31.0. The van der Waals surface area contributed by atoms with E-state index in [0.29, 0.717) is 0 Å². The predicted octanol–water partition coefficient (Wildman–Crippen LogP) is 21.2. The molecule has 0 saturated heterocycles. The summed E-state index contributed by atoms with van der Waals surface area (Å²) in [6.07, 6.45) is 0. The fourth-order valence-electron chi connectivity index (χ4n) is 15.0. The molecular formula is C82H65N7. The average molecular weight is 1150 g/mol. The first kappa shape index (κ1) is 52.6. The van der Waals surface area contributed by atoms with Gasteiger partial charge in [-0.25, -0.2) is 4.98 Å². The molecule has 6 aromatic heterocycles. The van der Waals surface area contributed by atoms with E-state index in [1.54, 1.807) is 0 Å². The highest BCUT2D eigenvalue weighted by Crippen LogP contribution is 2.55. The SMILES string of the molecule is Cc1ccc2c(c1)c1cc(C)ccc1n2-c1c(-c2cc(C)nc(C)c2)c(-n2c3ccc(C)cc3c3cc(C)ccc32)c(-n2c3ccc(C)cc3c3cc(C)ccc32)c(-n2c3ccc(C)cc3c3cc(C)ccc32)c1-c1nc2ccccc2n1-c1ccccc1. The Bertz CT molecular complexity index is 5650. The molecule has 7 heteroatoms. The summed E-state index contributed by atoms with van der Waals surface area (Å²) >= 11 is 0. The van der Waals surface area contributed by atoms with Crippen molar-refractivity contribution in [2.45, 2.75) is 69.2 Å². The third-order valence-electron chi connectivity index (χ3n) is 18.8. The molecule has 17 rings (SSSR count). The lowest BCUT2D eigenvalue weighted by Gasteiger charge is -2.31. The number of pyridine rings is 1. The van der Waals surface area contributed by atoms with Gasteiger partial charge < -0.3 is 18.3 Å². The highest BCUT2D eigenvalue weighted by molar-refractivity contribution is 6.19. The van der Waals surface area contributed by atoms with E-state index in [-0.39, 0.29) is 0 Å². The van der Waals surface area contributed by atoms with Crippen LogP contribution in [0.5, 0.6) is 0 Å². The molecule has 7 nitrogen and oxygen atoms in total. The number of aromatic nitrogens is 7. The van der Waals surface area contributed by atoms with Crippen molar-refractivity contribution in [1.82, 2.24) is 32.8 Å². The molecule has 0 aliphatic carbocycles. The number of nitrogens with zero attached hydrogens (tertiary/aromatic N) is 7. The minimum atomic E-state index is 0.809. The van der Waals surface area contributed by atoms with Gasteiger partial charge in [0.05, 0.1) is 83.5 Å². The first-order chi connectivity index (χ1) is 43.2. The molecular weight excluding hydrogens is 1080 g/mol. The zero-order valence-corrected chi connectivity index (χ0v) is 51.8. The molecule has 0 aliphatic rings. The van der Waals surface area contributed by atoms with Crippen molar-refractivity contribution < 1.29 is 0 Å². The summed E-state index contributed by atoms with van der Waals surface area (Å²) in [5.74, 6) is 0.809. The Morgan fingerprint density at radius 3 is 0.899 bits per heavy atom. The van der Waals surface area contributed by atoms with Crippen LogP contribution in [-0.4, -0.2) is 32.8 Å². The third-order valence-corrected chi connectivity index (χ3v) is 18.8. The van der Waals surface area contributed by atoms with Crippen LogP contribution in [0.4, 0.5) is 0 Å². The molecule has 6 heterocycles. The molecule has 0 aliphatic heterocycles. The number of benzene rings is 11. The Balaban J connectivity index is 1.30. The van der Waals surface area contributed by atoms with Crippen molar-refractivity contribution in [1.29, 1.82) is 0 Å². The van der Waals surface area contributed by atoms with Gasteiger partial charge in [0.1, 0.15) is 5.82 Å². The predicted molar refractivity (Wildman–Crippen MR) is 374 cm³/mol. The van der Waals surface area contributed by atoms with Crippen molar-refractivity contribution in [3.05, 3.63) is 268 Å². The summed E-state index contributed by atoms with van der Waals surface area (Å²) < 4.78 is 13.0. The number of para-hydroxylation sites is 3. The van der Waals surface area contributed by atoms with Crippen molar-refractivity contribution in [3.63, 3.8) is 0 Å². The average Bonchev–Trinajstić information content (AvgIpc) is 1.61. The molecule has 0 fully saturated rings. The first-order valence-electron chi connectivity index (χ1n) is 31.0. The fourth-order valence-corrected chi connectivity index (χ4v) is 15.0. The van der Waals surface area contributed by atoms with Crippen molar-refractivity contribution in [2.24, 2.45) is 0 Å². The largest absolute Gasteiger partial charge is 0.308 e. The van der Waals surface area contributed by atoms with E-state index in [1.165, 1.54) is 87.6 Å². The van der Waals surface area contributed by atoms with Gasteiger partial charge in [0.2, 0.25) is 0 Å². The summed E-state index contributed by atoms with van der Waals surface area (Å²) in [5, 5.41) is 9.51. The van der Waals surface area contributed by atoms with Crippen molar-refractivity contribution in [3.8, 4) is 51.0 Å². The summed E-state index contributed by atoms with van der Waals surface area (Å²) in [5.41, 5.74) is 30.2. The normalized spacial score (nSPS) is 12.2. The smallest absolute Gasteiger partial charge is 0.150 e. The van der Waals surface area contributed by atoms with Gasteiger partial charge in [0, 0.05) is 65.7 Å². The molecule has 0 N–H and O–H groups in total. The third kappa shape index (κ3) is 7.83. The lowest BCUT2D eigenvalue weighted by molar-refractivity contribution is 1.02. The Morgan fingerprint density at radius 1 is 0.236 bits per heavy atom. The Morgan fingerprint density at radius 2 is 0.539 bits per heavy atom. The quantitative estimate of drug-likeness (QED) is 0.160. The second-order valence-corrected chi connectivity index (χ2v) is 25.4. The number of imidazole rings is 1. The Kier molecular flexibility index (Phi) is 11.4. The van der Waals surface area contributed by atoms with E-state index < -0.39 is 0 Å². The monoisotopic (exact) mass is 1150 g/mol. The molecule has 0 unspecified atom stereocenters. The van der Waals surface area contributed by atoms with Gasteiger partial charge in [0.15, 0.2) is 0 Å². The van der Waals surface area contributed by atoms with E-state index in [4.69, 9.17) is 9.97 Å². The number of fused-ring (bicyclic) bond motifs is 13. The van der Waals surface area contributed by atoms with Crippen molar-refractivity contribution in [2.75, 3.05) is 0 Å². The van der Waals surface area contributed by atoms with Gasteiger partial charge >= 0.3 is 0 Å². The molecule has 0 saturated carbocycles. The van der Waals surface area contributed by atoms with E-state index in [2.05, 4.69) is 304 Å². The van der Waals surface area contributed by atoms with E-state index in [0.717, 1.165) is 118 Å². The van der Waals surface area contributed by atoms with E-state index in [9.17, 15) is 0 Å². The highest BCUT2D eigenvalue weighted by Gasteiger charge is 2.38. The number of rotatable bonds is 7. The lowest BCUT2D eigenvalue weighted by atomic mass is 9.91. The maximum atomic E-state index is 6.14. The number of hydrogen-bond acceptors (Lipinski definition) is 2. The van der Waals surface area contributed by atoms with Gasteiger partial charge in [-0.3, -0.25) is 9.55 Å². The summed E-state index contributed by atoms with van der Waals surface area (Å²) in [6.45, 7) is 22.1. The standard InChI is InChI=1S/C82H65N7/c1-46-20-28-67-58(36-46)59-37-47(2)21-29-68(59)86(67)78-76(56-44-54(9)83-55(10)45-56)79(87-69-30-22-48(3)38-60(69)61-39-49(4)23-31-70(61)87)81(89-73-34-26-52(7)42-64(73)65-43-53(8)27-35-74(65)89)80(88-71-32-24-50(5)40-62(71)63-41-51(6)25-33-72(63)88)77(78)82-84-66-18-14-15-19-75(66)85(82)57-16-12-11-13-17-57/h11-45H,1-10H3. The topological polar surface area (TPSA) is 50.4 Å². The molecule has 428 valence electrons. The maximum Gasteiger partial charge on any atom is 0.150 e. The summed E-state index contributed by atoms with van der Waals surface area (Å²) in [6, 6.07) is 80.7. The van der Waals surface area contributed by atoms with Crippen LogP contribution in [0.1, 0.15) is 55.9 Å². The van der Waals surface area contributed by atoms with Crippen LogP contribution in [0, 0.1) is 69.2 Å². The molecule has 0 bridgehead atoms. The number of hydrogen-bond donors (Lipinski definition) is 0. The second kappa shape index (κ2) is 19.4. The molecule has 89 heavy (non-hydrogen) atoms. The fraction of sp³-hybridized carbons (Fsp3) is 0.122. The molecule has 0 atom stereocenters. The van der Waals surface area contributed by atoms with Gasteiger partial charge in [-0.05, 0) is 208 Å². The molecule has 0 amide bonds. The van der Waals surface area contributed by atoms with Crippen LogP contribution in [0.15, 0.2) is 212 Å². The van der Waals surface area contributed by atoms with E-state index >= 15 is 0 Å². The zero-order valence-electron chi connectivity index (χ0n) is 51.8. The van der Waals surface area contributed by atoms with Gasteiger partial charge in [-0.15, -0.1) is 0 Å². The van der Waals surface area contributed by atoms with Crippen LogP contribution in [0.25, 0.3) is 149 Å². The molecule has 17 aromatic rings. The number of aryl methyl sites for hydroxylation is 10. The lowest BCUT2D eigenvalue weighted by Crippen LogP contribution is -2.17. The van der Waals surface area contributed by atoms with Crippen LogP contribution in [0.2, 0.25) is 0 Å². The van der Waals surface area contributed by atoms with Crippen LogP contribution >= 0.6 is 0 Å². The van der Waals surface area contributed by atoms with Crippen LogP contribution < -0.4 is 0 Å².